The summed E-state index contributed by atoms with van der Waals surface area (Å²) in [4.78, 5) is 17.8. The maximum absolute atomic E-state index is 6.12. The minimum Gasteiger partial charge on any atom is -0.372 e. The molecule has 5 nitrogen and oxygen atoms in total. The molecular weight excluding hydrogens is 320 g/mol. The van der Waals surface area contributed by atoms with Crippen molar-refractivity contribution in [1.82, 2.24) is 15.0 Å². The molecule has 0 amide bonds. The van der Waals surface area contributed by atoms with Crippen molar-refractivity contribution in [3.05, 3.63) is 47.4 Å². The van der Waals surface area contributed by atoms with Crippen molar-refractivity contribution < 1.29 is 4.74 Å². The molecule has 0 bridgehead atoms. The summed E-state index contributed by atoms with van der Waals surface area (Å²) in [6.45, 7) is 4.63. The molecule has 1 fully saturated rings. The predicted octanol–water partition coefficient (Wildman–Crippen LogP) is 3.58. The van der Waals surface area contributed by atoms with Gasteiger partial charge in [0.1, 0.15) is 17.0 Å². The Hall–Kier alpha value is -2.05. The molecule has 1 aliphatic rings. The molecule has 124 valence electrons. The summed E-state index contributed by atoms with van der Waals surface area (Å²) in [5, 5.41) is 1.16. The smallest absolute Gasteiger partial charge is 0.140 e. The average molecular weight is 340 g/mol. The molecule has 0 aliphatic carbocycles. The fourth-order valence-electron chi connectivity index (χ4n) is 3.18. The number of hydrogen-bond acceptors (Lipinski definition) is 6. The summed E-state index contributed by atoms with van der Waals surface area (Å²) in [6.07, 6.45) is 7.76. The third kappa shape index (κ3) is 3.25. The van der Waals surface area contributed by atoms with Crippen molar-refractivity contribution in [1.29, 1.82) is 0 Å². The zero-order valence-corrected chi connectivity index (χ0v) is 14.5. The van der Waals surface area contributed by atoms with Crippen LogP contribution in [-0.4, -0.2) is 34.1 Å². The maximum atomic E-state index is 6.12. The molecule has 24 heavy (non-hydrogen) atoms. The normalized spacial score (nSPS) is 18.2. The highest BCUT2D eigenvalue weighted by Crippen LogP contribution is 2.31. The van der Waals surface area contributed by atoms with E-state index in [4.69, 9.17) is 4.74 Å². The number of nitrogens with zero attached hydrogens (tertiary/aromatic N) is 4. The van der Waals surface area contributed by atoms with Crippen LogP contribution in [0.15, 0.2) is 36.9 Å². The van der Waals surface area contributed by atoms with E-state index in [1.54, 1.807) is 23.9 Å². The van der Waals surface area contributed by atoms with Crippen LogP contribution < -0.4 is 4.90 Å². The largest absolute Gasteiger partial charge is 0.372 e. The average Bonchev–Trinajstić information content (AvgIpc) is 3.01. The lowest BCUT2D eigenvalue weighted by Gasteiger charge is -2.33. The minimum absolute atomic E-state index is 0.226. The molecule has 0 radical (unpaired) electrons. The summed E-state index contributed by atoms with van der Waals surface area (Å²) >= 11 is 1.72. The number of aromatic nitrogens is 3. The van der Waals surface area contributed by atoms with Gasteiger partial charge in [0.05, 0.1) is 18.1 Å². The van der Waals surface area contributed by atoms with Crippen LogP contribution in [0.5, 0.6) is 0 Å². The van der Waals surface area contributed by atoms with Crippen molar-refractivity contribution in [2.24, 2.45) is 0 Å². The lowest BCUT2D eigenvalue weighted by atomic mass is 10.1. The Kier molecular flexibility index (Phi) is 4.40. The van der Waals surface area contributed by atoms with Gasteiger partial charge in [0, 0.05) is 30.4 Å². The van der Waals surface area contributed by atoms with E-state index in [0.29, 0.717) is 6.61 Å². The summed E-state index contributed by atoms with van der Waals surface area (Å²) in [5.41, 5.74) is 1.12. The third-order valence-electron chi connectivity index (χ3n) is 4.32. The number of aryl methyl sites for hydroxylation is 1. The number of rotatable bonds is 4. The van der Waals surface area contributed by atoms with Gasteiger partial charge in [-0.25, -0.2) is 9.97 Å². The molecule has 0 unspecified atom stereocenters. The van der Waals surface area contributed by atoms with Gasteiger partial charge >= 0.3 is 0 Å². The van der Waals surface area contributed by atoms with Crippen molar-refractivity contribution >= 4 is 27.4 Å². The fraction of sp³-hybridized carbons (Fsp3) is 0.389. The van der Waals surface area contributed by atoms with Gasteiger partial charge in [-0.05, 0) is 37.5 Å². The van der Waals surface area contributed by atoms with E-state index >= 15 is 0 Å². The van der Waals surface area contributed by atoms with Crippen molar-refractivity contribution in [3.63, 3.8) is 0 Å². The molecule has 4 rings (SSSR count). The monoisotopic (exact) mass is 340 g/mol. The highest BCUT2D eigenvalue weighted by Gasteiger charge is 2.23. The van der Waals surface area contributed by atoms with Crippen LogP contribution >= 0.6 is 11.3 Å². The van der Waals surface area contributed by atoms with Gasteiger partial charge in [0.2, 0.25) is 0 Å². The Balaban J connectivity index is 1.48. The van der Waals surface area contributed by atoms with Crippen LogP contribution in [0.25, 0.3) is 10.2 Å². The molecule has 4 heterocycles. The van der Waals surface area contributed by atoms with Gasteiger partial charge in [0.15, 0.2) is 0 Å². The molecule has 0 saturated carbocycles. The Morgan fingerprint density at radius 3 is 3.21 bits per heavy atom. The van der Waals surface area contributed by atoms with Gasteiger partial charge in [-0.2, -0.15) is 0 Å². The Morgan fingerprint density at radius 2 is 2.33 bits per heavy atom. The van der Waals surface area contributed by atoms with E-state index in [0.717, 1.165) is 47.5 Å². The Labute approximate surface area is 145 Å². The van der Waals surface area contributed by atoms with Crippen LogP contribution in [-0.2, 0) is 11.3 Å². The first-order valence-electron chi connectivity index (χ1n) is 8.26. The molecule has 3 aromatic rings. The van der Waals surface area contributed by atoms with Gasteiger partial charge in [-0.3, -0.25) is 4.98 Å². The zero-order valence-electron chi connectivity index (χ0n) is 13.7. The molecule has 6 heteroatoms. The molecule has 0 N–H and O–H groups in total. The molecule has 0 spiro atoms. The van der Waals surface area contributed by atoms with Crippen molar-refractivity contribution in [3.8, 4) is 0 Å². The topological polar surface area (TPSA) is 51.1 Å². The lowest BCUT2D eigenvalue weighted by Crippen LogP contribution is -2.40. The SMILES string of the molecule is Cc1cc2c(N3CCC[C@H](OCc4cccnc4)C3)ncnc2s1. The predicted molar refractivity (Wildman–Crippen MR) is 96.4 cm³/mol. The molecule has 0 aromatic carbocycles. The van der Waals surface area contributed by atoms with Crippen LogP contribution in [0.2, 0.25) is 0 Å². The standard InChI is InChI=1S/C18H20N4OS/c1-13-8-16-17(20-12-21-18(16)24-13)22-7-3-5-15(10-22)23-11-14-4-2-6-19-9-14/h2,4,6,8-9,12,15H,3,5,7,10-11H2,1H3/t15-/m0/s1. The van der Waals surface area contributed by atoms with E-state index in [1.807, 2.05) is 12.3 Å². The number of anilines is 1. The van der Waals surface area contributed by atoms with E-state index in [-0.39, 0.29) is 6.10 Å². The second kappa shape index (κ2) is 6.83. The number of thiophene rings is 1. The maximum Gasteiger partial charge on any atom is 0.140 e. The molecule has 1 saturated heterocycles. The number of pyridine rings is 1. The summed E-state index contributed by atoms with van der Waals surface area (Å²) in [5.74, 6) is 1.04. The molecule has 3 aromatic heterocycles. The summed E-state index contributed by atoms with van der Waals surface area (Å²) in [6, 6.07) is 6.19. The van der Waals surface area contributed by atoms with Gasteiger partial charge in [-0.15, -0.1) is 11.3 Å². The first-order valence-corrected chi connectivity index (χ1v) is 9.08. The second-order valence-electron chi connectivity index (χ2n) is 6.16. The van der Waals surface area contributed by atoms with Gasteiger partial charge in [0.25, 0.3) is 0 Å². The number of ether oxygens (including phenoxy) is 1. The minimum atomic E-state index is 0.226. The lowest BCUT2D eigenvalue weighted by molar-refractivity contribution is 0.0313. The van der Waals surface area contributed by atoms with Crippen LogP contribution in [0, 0.1) is 6.92 Å². The zero-order chi connectivity index (χ0) is 16.4. The van der Waals surface area contributed by atoms with Gasteiger partial charge in [-0.1, -0.05) is 6.07 Å². The molecular formula is C18H20N4OS. The third-order valence-corrected chi connectivity index (χ3v) is 5.28. The van der Waals surface area contributed by atoms with E-state index in [1.165, 1.54) is 4.88 Å². The van der Waals surface area contributed by atoms with Crippen molar-refractivity contribution in [2.45, 2.75) is 32.5 Å². The highest BCUT2D eigenvalue weighted by molar-refractivity contribution is 7.18. The summed E-state index contributed by atoms with van der Waals surface area (Å²) < 4.78 is 6.12. The highest BCUT2D eigenvalue weighted by atomic mass is 32.1. The van der Waals surface area contributed by atoms with Crippen LogP contribution in [0.1, 0.15) is 23.3 Å². The Morgan fingerprint density at radius 1 is 1.38 bits per heavy atom. The summed E-state index contributed by atoms with van der Waals surface area (Å²) in [7, 11) is 0. The quantitative estimate of drug-likeness (QED) is 0.726. The second-order valence-corrected chi connectivity index (χ2v) is 7.39. The molecule has 1 aliphatic heterocycles. The van der Waals surface area contributed by atoms with Crippen LogP contribution in [0.4, 0.5) is 5.82 Å². The van der Waals surface area contributed by atoms with E-state index in [9.17, 15) is 0 Å². The van der Waals surface area contributed by atoms with E-state index < -0.39 is 0 Å². The first kappa shape index (κ1) is 15.5. The molecule has 1 atom stereocenters. The fourth-order valence-corrected chi connectivity index (χ4v) is 4.02. The first-order chi connectivity index (χ1) is 11.8. The number of fused-ring (bicyclic) bond motifs is 1. The Bertz CT molecular complexity index is 820. The van der Waals surface area contributed by atoms with Crippen LogP contribution in [0.3, 0.4) is 0 Å². The number of hydrogen-bond donors (Lipinski definition) is 0. The van der Waals surface area contributed by atoms with Gasteiger partial charge < -0.3 is 9.64 Å². The number of piperidine rings is 1. The van der Waals surface area contributed by atoms with E-state index in [2.05, 4.69) is 38.9 Å². The van der Waals surface area contributed by atoms with Crippen molar-refractivity contribution in [2.75, 3.05) is 18.0 Å².